The van der Waals surface area contributed by atoms with Crippen LogP contribution < -0.4 is 10.9 Å². The number of aromatic amines is 1. The van der Waals surface area contributed by atoms with Crippen LogP contribution >= 0.6 is 34.4 Å². The number of carbonyl (C=O) groups excluding carboxylic acids is 1. The average Bonchev–Trinajstić information content (AvgIpc) is 3.31. The number of amides is 1. The quantitative estimate of drug-likeness (QED) is 0.472. The first-order valence-corrected chi connectivity index (χ1v) is 11.8. The van der Waals surface area contributed by atoms with Gasteiger partial charge in [0.1, 0.15) is 4.83 Å². The molecule has 142 valence electrons. The molecule has 1 saturated carbocycles. The minimum atomic E-state index is -0.145. The number of H-pyrrole nitrogens is 1. The summed E-state index contributed by atoms with van der Waals surface area (Å²) >= 11 is 4.36. The predicted molar refractivity (Wildman–Crippen MR) is 114 cm³/mol. The van der Waals surface area contributed by atoms with Gasteiger partial charge in [-0.15, -0.1) is 22.7 Å². The van der Waals surface area contributed by atoms with E-state index in [1.807, 2.05) is 22.9 Å². The summed E-state index contributed by atoms with van der Waals surface area (Å²) in [4.78, 5) is 34.0. The molecule has 3 aromatic rings. The number of hydrogen-bond donors (Lipinski definition) is 2. The summed E-state index contributed by atoms with van der Waals surface area (Å²) in [7, 11) is 0. The number of hydrogen-bond acceptors (Lipinski definition) is 6. The second kappa shape index (κ2) is 8.16. The Bertz CT molecular complexity index is 993. The average molecular weight is 420 g/mol. The van der Waals surface area contributed by atoms with Crippen LogP contribution in [0.5, 0.6) is 0 Å². The summed E-state index contributed by atoms with van der Waals surface area (Å²) < 4.78 is 0. The van der Waals surface area contributed by atoms with Crippen LogP contribution in [-0.2, 0) is 4.79 Å². The third-order valence-electron chi connectivity index (χ3n) is 5.01. The number of nitrogens with zero attached hydrogens (tertiary/aromatic N) is 1. The summed E-state index contributed by atoms with van der Waals surface area (Å²) in [6.07, 6.45) is 4.66. The molecule has 4 rings (SSSR count). The van der Waals surface area contributed by atoms with Crippen LogP contribution in [0.25, 0.3) is 20.7 Å². The number of carbonyl (C=O) groups is 1. The van der Waals surface area contributed by atoms with Crippen LogP contribution in [0.3, 0.4) is 0 Å². The van der Waals surface area contributed by atoms with Crippen LogP contribution in [-0.4, -0.2) is 27.7 Å². The van der Waals surface area contributed by atoms with Crippen molar-refractivity contribution < 1.29 is 4.79 Å². The zero-order valence-corrected chi connectivity index (χ0v) is 17.4. The molecule has 2 N–H and O–H groups in total. The summed E-state index contributed by atoms with van der Waals surface area (Å²) in [6.45, 7) is 2.20. The van der Waals surface area contributed by atoms with Gasteiger partial charge in [0.25, 0.3) is 5.56 Å². The van der Waals surface area contributed by atoms with E-state index in [4.69, 9.17) is 0 Å². The molecule has 1 aliphatic carbocycles. The second-order valence-electron chi connectivity index (χ2n) is 6.90. The fraction of sp³-hybridized carbons (Fsp3) is 0.421. The molecule has 0 bridgehead atoms. The Labute approximate surface area is 169 Å². The first-order valence-electron chi connectivity index (χ1n) is 9.09. The summed E-state index contributed by atoms with van der Waals surface area (Å²) in [5.74, 6) is 0.802. The number of thiophene rings is 2. The molecule has 5 nitrogen and oxygen atoms in total. The third kappa shape index (κ3) is 4.12. The van der Waals surface area contributed by atoms with Gasteiger partial charge in [0.05, 0.1) is 11.1 Å². The Morgan fingerprint density at radius 1 is 1.37 bits per heavy atom. The normalized spacial score (nSPS) is 20.0. The van der Waals surface area contributed by atoms with Gasteiger partial charge in [0.2, 0.25) is 5.91 Å². The zero-order chi connectivity index (χ0) is 18.8. The van der Waals surface area contributed by atoms with Gasteiger partial charge in [0.15, 0.2) is 5.16 Å². The highest BCUT2D eigenvalue weighted by atomic mass is 32.2. The van der Waals surface area contributed by atoms with E-state index in [1.54, 1.807) is 11.3 Å². The van der Waals surface area contributed by atoms with Gasteiger partial charge in [0, 0.05) is 21.9 Å². The highest BCUT2D eigenvalue weighted by Crippen LogP contribution is 2.34. The minimum absolute atomic E-state index is 0.00644. The standard InChI is InChI=1S/C19H21N3O2S3/c1-11-5-2-3-6-13(11)20-15(23)10-27-19-21-17(24)16-12(9-26-18(16)22-19)14-7-4-8-25-14/h4,7-9,11,13H,2-3,5-6,10H2,1H3,(H,20,23)(H,21,22,24)/t11-,13+/m1/s1. The maximum atomic E-state index is 12.6. The van der Waals surface area contributed by atoms with Crippen molar-refractivity contribution in [3.8, 4) is 10.4 Å². The molecule has 0 aliphatic heterocycles. The SMILES string of the molecule is C[C@@H]1CCCC[C@@H]1NC(=O)CSc1nc2scc(-c3cccs3)c2c(=O)[nH]1. The summed E-state index contributed by atoms with van der Waals surface area (Å²) in [5, 5.41) is 8.24. The topological polar surface area (TPSA) is 74.8 Å². The lowest BCUT2D eigenvalue weighted by molar-refractivity contribution is -0.119. The molecule has 1 fully saturated rings. The third-order valence-corrected chi connectivity index (χ3v) is 7.66. The molecule has 8 heteroatoms. The summed E-state index contributed by atoms with van der Waals surface area (Å²) in [6, 6.07) is 4.25. The molecule has 0 aromatic carbocycles. The van der Waals surface area contributed by atoms with Crippen molar-refractivity contribution in [1.82, 2.24) is 15.3 Å². The van der Waals surface area contributed by atoms with E-state index in [2.05, 4.69) is 22.2 Å². The van der Waals surface area contributed by atoms with E-state index < -0.39 is 0 Å². The van der Waals surface area contributed by atoms with Gasteiger partial charge in [-0.1, -0.05) is 37.6 Å². The predicted octanol–water partition coefficient (Wildman–Crippen LogP) is 4.50. The van der Waals surface area contributed by atoms with Gasteiger partial charge in [-0.2, -0.15) is 0 Å². The molecule has 0 saturated heterocycles. The van der Waals surface area contributed by atoms with Crippen LogP contribution in [0.1, 0.15) is 32.6 Å². The second-order valence-corrected chi connectivity index (χ2v) is 9.67. The molecule has 1 aliphatic rings. The fourth-order valence-corrected chi connectivity index (χ4v) is 6.02. The molecule has 3 aromatic heterocycles. The van der Waals surface area contributed by atoms with Gasteiger partial charge in [-0.3, -0.25) is 9.59 Å². The lowest BCUT2D eigenvalue weighted by atomic mass is 9.86. The maximum Gasteiger partial charge on any atom is 0.260 e. The van der Waals surface area contributed by atoms with Gasteiger partial charge >= 0.3 is 0 Å². The highest BCUT2D eigenvalue weighted by molar-refractivity contribution is 7.99. The molecule has 0 radical (unpaired) electrons. The Kier molecular flexibility index (Phi) is 5.66. The van der Waals surface area contributed by atoms with Crippen LogP contribution in [0.2, 0.25) is 0 Å². The number of rotatable bonds is 5. The van der Waals surface area contributed by atoms with Crippen molar-refractivity contribution in [3.63, 3.8) is 0 Å². The maximum absolute atomic E-state index is 12.6. The van der Waals surface area contributed by atoms with Crippen LogP contribution in [0, 0.1) is 5.92 Å². The lowest BCUT2D eigenvalue weighted by Gasteiger charge is -2.29. The largest absolute Gasteiger partial charge is 0.352 e. The van der Waals surface area contributed by atoms with E-state index >= 15 is 0 Å². The molecule has 0 spiro atoms. The molecular formula is C19H21N3O2S3. The van der Waals surface area contributed by atoms with E-state index in [0.717, 1.165) is 16.9 Å². The Morgan fingerprint density at radius 3 is 3.00 bits per heavy atom. The lowest BCUT2D eigenvalue weighted by Crippen LogP contribution is -2.41. The van der Waals surface area contributed by atoms with E-state index in [0.29, 0.717) is 21.3 Å². The molecule has 1 amide bonds. The molecular weight excluding hydrogens is 398 g/mol. The smallest absolute Gasteiger partial charge is 0.260 e. The van der Waals surface area contributed by atoms with Gasteiger partial charge in [-0.25, -0.2) is 4.98 Å². The first-order chi connectivity index (χ1) is 13.1. The number of thioether (sulfide) groups is 1. The Balaban J connectivity index is 1.45. The minimum Gasteiger partial charge on any atom is -0.352 e. The Morgan fingerprint density at radius 2 is 2.22 bits per heavy atom. The van der Waals surface area contributed by atoms with Crippen LogP contribution in [0.4, 0.5) is 0 Å². The first kappa shape index (κ1) is 18.7. The van der Waals surface area contributed by atoms with E-state index in [-0.39, 0.29) is 23.3 Å². The van der Waals surface area contributed by atoms with E-state index in [9.17, 15) is 9.59 Å². The number of aromatic nitrogens is 2. The molecule has 3 heterocycles. The Hall–Kier alpha value is -1.64. The van der Waals surface area contributed by atoms with Crippen molar-refractivity contribution in [2.45, 2.75) is 43.8 Å². The van der Waals surface area contributed by atoms with Crippen molar-refractivity contribution in [3.05, 3.63) is 33.2 Å². The molecule has 2 atom stereocenters. The van der Waals surface area contributed by atoms with Crippen molar-refractivity contribution in [2.75, 3.05) is 5.75 Å². The van der Waals surface area contributed by atoms with Crippen molar-refractivity contribution in [1.29, 1.82) is 0 Å². The molecule has 0 unspecified atom stereocenters. The van der Waals surface area contributed by atoms with Gasteiger partial charge < -0.3 is 10.3 Å². The number of nitrogens with one attached hydrogen (secondary N) is 2. The summed E-state index contributed by atoms with van der Waals surface area (Å²) in [5.41, 5.74) is 0.785. The van der Waals surface area contributed by atoms with Crippen LogP contribution in [0.15, 0.2) is 32.8 Å². The highest BCUT2D eigenvalue weighted by Gasteiger charge is 2.23. The van der Waals surface area contributed by atoms with Crippen molar-refractivity contribution in [2.24, 2.45) is 5.92 Å². The monoisotopic (exact) mass is 419 g/mol. The molecule has 27 heavy (non-hydrogen) atoms. The van der Waals surface area contributed by atoms with Crippen molar-refractivity contribution >= 4 is 50.6 Å². The number of fused-ring (bicyclic) bond motifs is 1. The fourth-order valence-electron chi connectivity index (χ4n) is 3.52. The van der Waals surface area contributed by atoms with Gasteiger partial charge in [-0.05, 0) is 30.2 Å². The van der Waals surface area contributed by atoms with E-state index in [1.165, 1.54) is 42.4 Å². The zero-order valence-electron chi connectivity index (χ0n) is 15.0.